The topological polar surface area (TPSA) is 83.1 Å². The first-order valence-electron chi connectivity index (χ1n) is 7.61. The Morgan fingerprint density at radius 3 is 2.77 bits per heavy atom. The average molecular weight is 421 g/mol. The summed E-state index contributed by atoms with van der Waals surface area (Å²) in [4.78, 5) is 14.3. The van der Waals surface area contributed by atoms with Crippen molar-refractivity contribution < 1.29 is 14.1 Å². The summed E-state index contributed by atoms with van der Waals surface area (Å²) in [5.74, 6) is -0.846. The predicted molar refractivity (Wildman–Crippen MR) is 96.2 cm³/mol. The molecule has 7 nitrogen and oxygen atoms in total. The van der Waals surface area contributed by atoms with Crippen molar-refractivity contribution in [1.29, 1.82) is 0 Å². The van der Waals surface area contributed by atoms with E-state index in [1.165, 1.54) is 24.4 Å². The van der Waals surface area contributed by atoms with Crippen LogP contribution >= 0.6 is 15.9 Å². The third-order valence-corrected chi connectivity index (χ3v) is 4.15. The molecule has 0 saturated carbocycles. The van der Waals surface area contributed by atoms with E-state index in [4.69, 9.17) is 4.74 Å². The Bertz CT molecular complexity index is 976. The Hall–Kier alpha value is -2.81. The van der Waals surface area contributed by atoms with Gasteiger partial charge < -0.3 is 14.9 Å². The zero-order valence-corrected chi connectivity index (χ0v) is 15.5. The summed E-state index contributed by atoms with van der Waals surface area (Å²) < 4.78 is 21.8. The van der Waals surface area contributed by atoms with Gasteiger partial charge in [0, 0.05) is 30.4 Å². The van der Waals surface area contributed by atoms with Crippen molar-refractivity contribution in [2.24, 2.45) is 7.05 Å². The molecule has 0 aliphatic rings. The number of nitro groups is 1. The maximum atomic E-state index is 13.8. The summed E-state index contributed by atoms with van der Waals surface area (Å²) in [6.45, 7) is 1.69. The molecule has 0 amide bonds. The van der Waals surface area contributed by atoms with Gasteiger partial charge in [-0.1, -0.05) is 0 Å². The fourth-order valence-corrected chi connectivity index (χ4v) is 2.86. The second-order valence-corrected chi connectivity index (χ2v) is 6.51. The molecule has 9 heteroatoms. The molecule has 134 valence electrons. The van der Waals surface area contributed by atoms with Gasteiger partial charge in [-0.05, 0) is 57.0 Å². The first-order valence-corrected chi connectivity index (χ1v) is 8.40. The number of halogens is 2. The van der Waals surface area contributed by atoms with Crippen LogP contribution in [0.25, 0.3) is 11.3 Å². The minimum Gasteiger partial charge on any atom is -0.478 e. The Kier molecular flexibility index (Phi) is 4.99. The standard InChI is InChI=1S/C17H14BrFN4O3/c1-10(26-16-7-11(18)9-20-17(16)23(24)25)14-8-12(19)3-4-13(14)15-5-6-22(2)21-15/h3-10H,1-2H3. The van der Waals surface area contributed by atoms with E-state index in [9.17, 15) is 14.5 Å². The van der Waals surface area contributed by atoms with Crippen molar-refractivity contribution in [2.75, 3.05) is 0 Å². The summed E-state index contributed by atoms with van der Waals surface area (Å²) in [6, 6.07) is 7.55. The second-order valence-electron chi connectivity index (χ2n) is 5.60. The maximum Gasteiger partial charge on any atom is 0.406 e. The molecule has 1 atom stereocenters. The van der Waals surface area contributed by atoms with Crippen molar-refractivity contribution in [3.8, 4) is 17.0 Å². The lowest BCUT2D eigenvalue weighted by molar-refractivity contribution is -0.390. The molecule has 3 rings (SSSR count). The number of nitrogens with zero attached hydrogens (tertiary/aromatic N) is 4. The van der Waals surface area contributed by atoms with E-state index < -0.39 is 22.7 Å². The molecule has 0 N–H and O–H groups in total. The molecule has 0 radical (unpaired) electrons. The fraction of sp³-hybridized carbons (Fsp3) is 0.176. The van der Waals surface area contributed by atoms with Crippen molar-refractivity contribution in [3.05, 3.63) is 68.7 Å². The summed E-state index contributed by atoms with van der Waals surface area (Å²) in [5.41, 5.74) is 1.86. The first kappa shape index (κ1) is 18.0. The van der Waals surface area contributed by atoms with Crippen LogP contribution in [0.4, 0.5) is 10.2 Å². The van der Waals surface area contributed by atoms with Gasteiger partial charge in [0.25, 0.3) is 0 Å². The molecule has 0 bridgehead atoms. The highest BCUT2D eigenvalue weighted by Gasteiger charge is 2.22. The van der Waals surface area contributed by atoms with E-state index in [-0.39, 0.29) is 5.75 Å². The van der Waals surface area contributed by atoms with Crippen LogP contribution in [-0.2, 0) is 7.05 Å². The second kappa shape index (κ2) is 7.20. The Balaban J connectivity index is 2.01. The Morgan fingerprint density at radius 2 is 2.12 bits per heavy atom. The average Bonchev–Trinajstić information content (AvgIpc) is 3.00. The molecule has 2 heterocycles. The lowest BCUT2D eigenvalue weighted by atomic mass is 10.0. The molecule has 2 aromatic heterocycles. The molecular weight excluding hydrogens is 407 g/mol. The van der Waals surface area contributed by atoms with Crippen LogP contribution in [0.1, 0.15) is 18.6 Å². The van der Waals surface area contributed by atoms with Gasteiger partial charge in [0.15, 0.2) is 6.20 Å². The van der Waals surface area contributed by atoms with E-state index in [1.807, 2.05) is 0 Å². The van der Waals surface area contributed by atoms with Crippen LogP contribution < -0.4 is 4.74 Å². The number of hydrogen-bond donors (Lipinski definition) is 0. The number of aromatic nitrogens is 3. The third-order valence-electron chi connectivity index (χ3n) is 3.72. The molecule has 0 spiro atoms. The Morgan fingerprint density at radius 1 is 1.35 bits per heavy atom. The maximum absolute atomic E-state index is 13.8. The molecule has 3 aromatic rings. The minimum absolute atomic E-state index is 0.00638. The van der Waals surface area contributed by atoms with Crippen LogP contribution in [0.3, 0.4) is 0 Å². The molecule has 1 unspecified atom stereocenters. The summed E-state index contributed by atoms with van der Waals surface area (Å²) in [7, 11) is 1.78. The number of aryl methyl sites for hydroxylation is 1. The van der Waals surface area contributed by atoms with Crippen molar-refractivity contribution in [3.63, 3.8) is 0 Å². The monoisotopic (exact) mass is 420 g/mol. The lowest BCUT2D eigenvalue weighted by Crippen LogP contribution is -2.08. The van der Waals surface area contributed by atoms with Crippen LogP contribution in [0.15, 0.2) is 47.2 Å². The van der Waals surface area contributed by atoms with Gasteiger partial charge in [-0.3, -0.25) is 4.68 Å². The van der Waals surface area contributed by atoms with Gasteiger partial charge in [-0.15, -0.1) is 0 Å². The molecule has 0 aliphatic carbocycles. The number of benzene rings is 1. The number of hydrogen-bond acceptors (Lipinski definition) is 5. The normalized spacial score (nSPS) is 12.0. The van der Waals surface area contributed by atoms with Crippen LogP contribution in [0.5, 0.6) is 5.75 Å². The van der Waals surface area contributed by atoms with Gasteiger partial charge in [0.2, 0.25) is 5.75 Å². The van der Waals surface area contributed by atoms with E-state index in [0.717, 1.165) is 0 Å². The number of ether oxygens (including phenoxy) is 1. The summed E-state index contributed by atoms with van der Waals surface area (Å²) in [5, 5.41) is 15.5. The number of pyridine rings is 1. The largest absolute Gasteiger partial charge is 0.478 e. The van der Waals surface area contributed by atoms with Gasteiger partial charge in [-0.25, -0.2) is 4.39 Å². The van der Waals surface area contributed by atoms with Crippen LogP contribution in [-0.4, -0.2) is 19.7 Å². The highest BCUT2D eigenvalue weighted by molar-refractivity contribution is 9.10. The summed E-state index contributed by atoms with van der Waals surface area (Å²) >= 11 is 3.22. The number of rotatable bonds is 5. The molecule has 0 saturated heterocycles. The molecule has 26 heavy (non-hydrogen) atoms. The first-order chi connectivity index (χ1) is 12.3. The molecule has 0 fully saturated rings. The minimum atomic E-state index is -0.669. The SMILES string of the molecule is CC(Oc1cc(Br)cnc1[N+](=O)[O-])c1cc(F)ccc1-c1ccn(C)n1. The smallest absolute Gasteiger partial charge is 0.406 e. The van der Waals surface area contributed by atoms with Crippen LogP contribution in [0.2, 0.25) is 0 Å². The van der Waals surface area contributed by atoms with Gasteiger partial charge in [0.1, 0.15) is 11.9 Å². The lowest BCUT2D eigenvalue weighted by Gasteiger charge is -2.18. The predicted octanol–water partition coefficient (Wildman–Crippen LogP) is 4.43. The van der Waals surface area contributed by atoms with Gasteiger partial charge >= 0.3 is 5.82 Å². The molecule has 1 aromatic carbocycles. The van der Waals surface area contributed by atoms with Crippen molar-refractivity contribution in [2.45, 2.75) is 13.0 Å². The molecular formula is C17H14BrFN4O3. The summed E-state index contributed by atoms with van der Waals surface area (Å²) in [6.07, 6.45) is 2.42. The highest BCUT2D eigenvalue weighted by Crippen LogP contribution is 2.35. The zero-order chi connectivity index (χ0) is 18.8. The van der Waals surface area contributed by atoms with Gasteiger partial charge in [0.05, 0.1) is 10.2 Å². The van der Waals surface area contributed by atoms with Crippen molar-refractivity contribution >= 4 is 21.7 Å². The fourth-order valence-electron chi connectivity index (χ4n) is 2.55. The quantitative estimate of drug-likeness (QED) is 0.450. The zero-order valence-electron chi connectivity index (χ0n) is 13.9. The van der Waals surface area contributed by atoms with Crippen molar-refractivity contribution in [1.82, 2.24) is 14.8 Å². The Labute approximate surface area is 156 Å². The van der Waals surface area contributed by atoms with E-state index in [1.54, 1.807) is 37.0 Å². The third kappa shape index (κ3) is 3.72. The molecule has 0 aliphatic heterocycles. The van der Waals surface area contributed by atoms with E-state index in [2.05, 4.69) is 26.0 Å². The van der Waals surface area contributed by atoms with Crippen LogP contribution in [0, 0.1) is 15.9 Å². The van der Waals surface area contributed by atoms with E-state index >= 15 is 0 Å². The van der Waals surface area contributed by atoms with Gasteiger partial charge in [-0.2, -0.15) is 5.10 Å². The highest BCUT2D eigenvalue weighted by atomic mass is 79.9. The van der Waals surface area contributed by atoms with E-state index in [0.29, 0.717) is 21.3 Å².